The highest BCUT2D eigenvalue weighted by Crippen LogP contribution is 2.16. The fourth-order valence-corrected chi connectivity index (χ4v) is 3.56. The van der Waals surface area contributed by atoms with E-state index in [1.807, 2.05) is 29.2 Å². The van der Waals surface area contributed by atoms with Gasteiger partial charge < -0.3 is 19.9 Å². The molecular weight excluding hydrogens is 364 g/mol. The van der Waals surface area contributed by atoms with E-state index in [0.29, 0.717) is 30.6 Å². The first-order valence-electron chi connectivity index (χ1n) is 9.79. The van der Waals surface area contributed by atoms with Gasteiger partial charge in [0.1, 0.15) is 0 Å². The molecule has 27 heavy (non-hydrogen) atoms. The van der Waals surface area contributed by atoms with E-state index in [9.17, 15) is 4.79 Å². The number of rotatable bonds is 5. The Labute approximate surface area is 166 Å². The average molecular weight is 393 g/mol. The van der Waals surface area contributed by atoms with Crippen molar-refractivity contribution in [3.05, 3.63) is 34.9 Å². The van der Waals surface area contributed by atoms with E-state index in [-0.39, 0.29) is 5.91 Å². The summed E-state index contributed by atoms with van der Waals surface area (Å²) in [5.41, 5.74) is 1.10. The van der Waals surface area contributed by atoms with Crippen LogP contribution in [0.2, 0.25) is 5.02 Å². The van der Waals surface area contributed by atoms with Crippen LogP contribution in [-0.2, 0) is 16.1 Å². The number of ether oxygens (including phenoxy) is 1. The minimum absolute atomic E-state index is 0.132. The van der Waals surface area contributed by atoms with Gasteiger partial charge in [-0.25, -0.2) is 0 Å². The largest absolute Gasteiger partial charge is 0.381 e. The maximum atomic E-state index is 12.6. The third-order valence-electron chi connectivity index (χ3n) is 5.08. The zero-order valence-corrected chi connectivity index (χ0v) is 16.7. The number of carbonyl (C=O) groups excluding carboxylic acids is 1. The average Bonchev–Trinajstić information content (AvgIpc) is 2.69. The van der Waals surface area contributed by atoms with E-state index in [1.54, 1.807) is 0 Å². The molecule has 0 saturated carbocycles. The van der Waals surface area contributed by atoms with Crippen molar-refractivity contribution in [3.63, 3.8) is 0 Å². The Bertz CT molecular complexity index is 644. The number of hydrogen-bond donors (Lipinski definition) is 1. The minimum Gasteiger partial charge on any atom is -0.381 e. The normalized spacial score (nSPS) is 19.5. The molecular formula is C20H29ClN4O2. The molecule has 0 bridgehead atoms. The standard InChI is InChI=1S/C20H29ClN4O2/c1-2-22-20(23-13-16-7-11-27-12-8-16)25-10-9-24(19(26)15-25)14-17-3-5-18(21)6-4-17/h3-6,16H,2,7-15H2,1H3,(H,22,23). The van der Waals surface area contributed by atoms with Crippen LogP contribution in [0.4, 0.5) is 0 Å². The zero-order valence-electron chi connectivity index (χ0n) is 16.0. The molecule has 0 aliphatic carbocycles. The second-order valence-corrected chi connectivity index (χ2v) is 7.55. The molecule has 2 aliphatic heterocycles. The van der Waals surface area contributed by atoms with Gasteiger partial charge in [-0.05, 0) is 43.4 Å². The summed E-state index contributed by atoms with van der Waals surface area (Å²) in [7, 11) is 0. The molecule has 7 heteroatoms. The molecule has 2 saturated heterocycles. The summed E-state index contributed by atoms with van der Waals surface area (Å²) in [6, 6.07) is 7.68. The molecule has 1 aromatic rings. The van der Waals surface area contributed by atoms with Crippen LogP contribution in [0.25, 0.3) is 0 Å². The molecule has 0 spiro atoms. The zero-order chi connectivity index (χ0) is 19.1. The van der Waals surface area contributed by atoms with Crippen LogP contribution in [0, 0.1) is 5.92 Å². The van der Waals surface area contributed by atoms with Gasteiger partial charge in [-0.3, -0.25) is 9.79 Å². The lowest BCUT2D eigenvalue weighted by molar-refractivity contribution is -0.135. The molecule has 1 N–H and O–H groups in total. The Morgan fingerprint density at radius 3 is 2.67 bits per heavy atom. The number of piperazine rings is 1. The van der Waals surface area contributed by atoms with Crippen LogP contribution < -0.4 is 5.32 Å². The second kappa shape index (κ2) is 9.95. The number of nitrogens with zero attached hydrogens (tertiary/aromatic N) is 3. The van der Waals surface area contributed by atoms with Crippen molar-refractivity contribution < 1.29 is 9.53 Å². The van der Waals surface area contributed by atoms with Gasteiger partial charge in [-0.15, -0.1) is 0 Å². The molecule has 2 heterocycles. The van der Waals surface area contributed by atoms with Crippen molar-refractivity contribution in [2.45, 2.75) is 26.3 Å². The first-order valence-corrected chi connectivity index (χ1v) is 10.2. The van der Waals surface area contributed by atoms with Gasteiger partial charge in [0.05, 0.1) is 6.54 Å². The van der Waals surface area contributed by atoms with Crippen LogP contribution in [0.3, 0.4) is 0 Å². The van der Waals surface area contributed by atoms with E-state index in [0.717, 1.165) is 57.2 Å². The number of amides is 1. The summed E-state index contributed by atoms with van der Waals surface area (Å²) in [4.78, 5) is 21.4. The van der Waals surface area contributed by atoms with Gasteiger partial charge in [0.25, 0.3) is 0 Å². The van der Waals surface area contributed by atoms with Crippen molar-refractivity contribution in [2.24, 2.45) is 10.9 Å². The number of carbonyl (C=O) groups is 1. The lowest BCUT2D eigenvalue weighted by Gasteiger charge is -2.36. The smallest absolute Gasteiger partial charge is 0.242 e. The molecule has 0 atom stereocenters. The first kappa shape index (κ1) is 20.0. The molecule has 1 amide bonds. The van der Waals surface area contributed by atoms with E-state index < -0.39 is 0 Å². The van der Waals surface area contributed by atoms with Gasteiger partial charge in [0, 0.05) is 51.0 Å². The maximum Gasteiger partial charge on any atom is 0.242 e. The van der Waals surface area contributed by atoms with Crippen LogP contribution in [0.15, 0.2) is 29.3 Å². The van der Waals surface area contributed by atoms with Crippen LogP contribution in [0.5, 0.6) is 0 Å². The molecule has 0 aromatic heterocycles. The topological polar surface area (TPSA) is 57.2 Å². The molecule has 0 unspecified atom stereocenters. The monoisotopic (exact) mass is 392 g/mol. The highest BCUT2D eigenvalue weighted by Gasteiger charge is 2.26. The lowest BCUT2D eigenvalue weighted by atomic mass is 10.0. The summed E-state index contributed by atoms with van der Waals surface area (Å²) in [6.45, 7) is 7.80. The van der Waals surface area contributed by atoms with E-state index >= 15 is 0 Å². The first-order chi connectivity index (χ1) is 13.2. The highest BCUT2D eigenvalue weighted by molar-refractivity contribution is 6.30. The lowest BCUT2D eigenvalue weighted by Crippen LogP contribution is -2.55. The van der Waals surface area contributed by atoms with Crippen LogP contribution in [-0.4, -0.2) is 67.6 Å². The van der Waals surface area contributed by atoms with Crippen molar-refractivity contribution in [1.29, 1.82) is 0 Å². The number of aliphatic imine (C=N–C) groups is 1. The van der Waals surface area contributed by atoms with Gasteiger partial charge in [0.2, 0.25) is 5.91 Å². The third kappa shape index (κ3) is 5.84. The maximum absolute atomic E-state index is 12.6. The van der Waals surface area contributed by atoms with Crippen molar-refractivity contribution in [1.82, 2.24) is 15.1 Å². The predicted molar refractivity (Wildman–Crippen MR) is 108 cm³/mol. The van der Waals surface area contributed by atoms with E-state index in [4.69, 9.17) is 21.3 Å². The van der Waals surface area contributed by atoms with Gasteiger partial charge in [-0.2, -0.15) is 0 Å². The van der Waals surface area contributed by atoms with Crippen molar-refractivity contribution in [3.8, 4) is 0 Å². The van der Waals surface area contributed by atoms with Gasteiger partial charge >= 0.3 is 0 Å². The Kier molecular flexibility index (Phi) is 7.35. The van der Waals surface area contributed by atoms with Crippen LogP contribution in [0.1, 0.15) is 25.3 Å². The number of halogens is 1. The van der Waals surface area contributed by atoms with E-state index in [2.05, 4.69) is 17.1 Å². The third-order valence-corrected chi connectivity index (χ3v) is 5.33. The van der Waals surface area contributed by atoms with Crippen molar-refractivity contribution >= 4 is 23.5 Å². The SMILES string of the molecule is CCNC(=NCC1CCOCC1)N1CCN(Cc2ccc(Cl)cc2)C(=O)C1. The highest BCUT2D eigenvalue weighted by atomic mass is 35.5. The Balaban J connectivity index is 1.56. The fourth-order valence-electron chi connectivity index (χ4n) is 3.44. The molecule has 0 radical (unpaired) electrons. The molecule has 6 nitrogen and oxygen atoms in total. The van der Waals surface area contributed by atoms with Crippen LogP contribution >= 0.6 is 11.6 Å². The summed E-state index contributed by atoms with van der Waals surface area (Å²) in [5.74, 6) is 1.56. The minimum atomic E-state index is 0.132. The number of benzene rings is 1. The molecule has 2 aliphatic rings. The number of guanidine groups is 1. The molecule has 3 rings (SSSR count). The quantitative estimate of drug-likeness (QED) is 0.617. The second-order valence-electron chi connectivity index (χ2n) is 7.11. The van der Waals surface area contributed by atoms with Crippen molar-refractivity contribution in [2.75, 3.05) is 45.9 Å². The Hall–Kier alpha value is -1.79. The fraction of sp³-hybridized carbons (Fsp3) is 0.600. The number of nitrogens with one attached hydrogen (secondary N) is 1. The Morgan fingerprint density at radius 2 is 2.00 bits per heavy atom. The molecule has 1 aromatic carbocycles. The predicted octanol–water partition coefficient (Wildman–Crippen LogP) is 2.38. The summed E-state index contributed by atoms with van der Waals surface area (Å²) < 4.78 is 5.42. The summed E-state index contributed by atoms with van der Waals surface area (Å²) in [5, 5.41) is 4.06. The van der Waals surface area contributed by atoms with E-state index in [1.165, 1.54) is 0 Å². The summed E-state index contributed by atoms with van der Waals surface area (Å²) >= 11 is 5.94. The number of hydrogen-bond acceptors (Lipinski definition) is 3. The molecule has 148 valence electrons. The summed E-state index contributed by atoms with van der Waals surface area (Å²) in [6.07, 6.45) is 2.13. The van der Waals surface area contributed by atoms with Gasteiger partial charge in [-0.1, -0.05) is 23.7 Å². The Morgan fingerprint density at radius 1 is 1.26 bits per heavy atom. The molecule has 2 fully saturated rings. The van der Waals surface area contributed by atoms with Gasteiger partial charge in [0.15, 0.2) is 5.96 Å².